The van der Waals surface area contributed by atoms with Crippen LogP contribution in [0.2, 0.25) is 0 Å². The van der Waals surface area contributed by atoms with Gasteiger partial charge in [0.1, 0.15) is 0 Å². The topological polar surface area (TPSA) is 50.2 Å². The Kier molecular flexibility index (Phi) is 3.78. The van der Waals surface area contributed by atoms with Gasteiger partial charge in [-0.3, -0.25) is 9.48 Å². The lowest BCUT2D eigenvalue weighted by atomic mass is 10.1. The molecule has 5 nitrogen and oxygen atoms in total. The minimum atomic E-state index is -0.00929. The zero-order valence-electron chi connectivity index (χ0n) is 10.5. The lowest BCUT2D eigenvalue weighted by molar-refractivity contribution is -0.136. The molecule has 17 heavy (non-hydrogen) atoms. The largest absolute Gasteiger partial charge is 0.336 e. The molecule has 1 amide bonds. The summed E-state index contributed by atoms with van der Waals surface area (Å²) in [7, 11) is 0. The molecular weight excluding hydrogens is 216 g/mol. The second-order valence-corrected chi connectivity index (χ2v) is 4.38. The number of aromatic nitrogens is 2. The minimum absolute atomic E-state index is 0.00929. The van der Waals surface area contributed by atoms with E-state index in [0.29, 0.717) is 6.54 Å². The number of carbonyl (C=O) groups excluding carboxylic acids is 1. The van der Waals surface area contributed by atoms with E-state index in [1.807, 2.05) is 28.9 Å². The monoisotopic (exact) mass is 236 g/mol. The van der Waals surface area contributed by atoms with Crippen LogP contribution >= 0.6 is 0 Å². The molecule has 1 aliphatic heterocycles. The van der Waals surface area contributed by atoms with E-state index in [2.05, 4.69) is 17.3 Å². The van der Waals surface area contributed by atoms with Crippen molar-refractivity contribution in [2.24, 2.45) is 0 Å². The number of piperazine rings is 1. The van der Waals surface area contributed by atoms with Crippen LogP contribution in [0.15, 0.2) is 12.4 Å². The summed E-state index contributed by atoms with van der Waals surface area (Å²) in [6.45, 7) is 7.30. The van der Waals surface area contributed by atoms with Gasteiger partial charge in [0.2, 0.25) is 5.91 Å². The first-order valence-corrected chi connectivity index (χ1v) is 6.28. The lowest BCUT2D eigenvalue weighted by Crippen LogP contribution is -2.54. The molecule has 1 aromatic heterocycles. The Balaban J connectivity index is 2.00. The van der Waals surface area contributed by atoms with Gasteiger partial charge in [-0.1, -0.05) is 6.92 Å². The molecular formula is C12H20N4O. The Labute approximate surface area is 102 Å². The summed E-state index contributed by atoms with van der Waals surface area (Å²) in [6, 6.07) is -0.00929. The van der Waals surface area contributed by atoms with Gasteiger partial charge in [0.05, 0.1) is 12.2 Å². The van der Waals surface area contributed by atoms with E-state index in [0.717, 1.165) is 31.6 Å². The standard InChI is InChI=1S/C12H20N4O/c1-3-11-12(17)15(6-5-13-11)8-10-7-14-16(4-2)9-10/h7,9,11,13H,3-6,8H2,1-2H3. The SMILES string of the molecule is CCC1NCCN(Cc2cnn(CC)c2)C1=O. The Morgan fingerprint density at radius 1 is 1.53 bits per heavy atom. The Morgan fingerprint density at radius 3 is 3.00 bits per heavy atom. The predicted octanol–water partition coefficient (Wildman–Crippen LogP) is 0.613. The number of amides is 1. The van der Waals surface area contributed by atoms with Crippen LogP contribution in [0.4, 0.5) is 0 Å². The van der Waals surface area contributed by atoms with Gasteiger partial charge >= 0.3 is 0 Å². The molecule has 1 aliphatic rings. The highest BCUT2D eigenvalue weighted by Crippen LogP contribution is 2.10. The molecule has 0 aliphatic carbocycles. The van der Waals surface area contributed by atoms with Gasteiger partial charge < -0.3 is 10.2 Å². The predicted molar refractivity (Wildman–Crippen MR) is 65.4 cm³/mol. The molecule has 0 radical (unpaired) electrons. The highest BCUT2D eigenvalue weighted by Gasteiger charge is 2.26. The molecule has 0 saturated carbocycles. The maximum absolute atomic E-state index is 12.1. The Bertz CT molecular complexity index is 388. The summed E-state index contributed by atoms with van der Waals surface area (Å²) >= 11 is 0. The molecule has 0 aromatic carbocycles. The van der Waals surface area contributed by atoms with Crippen LogP contribution in [0.1, 0.15) is 25.8 Å². The fourth-order valence-electron chi connectivity index (χ4n) is 2.15. The van der Waals surface area contributed by atoms with Crippen LogP contribution in [0.25, 0.3) is 0 Å². The van der Waals surface area contributed by atoms with Crippen molar-refractivity contribution in [1.29, 1.82) is 0 Å². The number of nitrogens with zero attached hydrogens (tertiary/aromatic N) is 3. The van der Waals surface area contributed by atoms with Crippen LogP contribution < -0.4 is 5.32 Å². The van der Waals surface area contributed by atoms with E-state index in [1.54, 1.807) is 0 Å². The molecule has 1 saturated heterocycles. The van der Waals surface area contributed by atoms with E-state index in [4.69, 9.17) is 0 Å². The first kappa shape index (κ1) is 12.1. The normalized spacial score (nSPS) is 20.9. The van der Waals surface area contributed by atoms with Crippen LogP contribution in [-0.2, 0) is 17.9 Å². The van der Waals surface area contributed by atoms with Gasteiger partial charge in [0, 0.05) is 37.9 Å². The zero-order chi connectivity index (χ0) is 12.3. The third kappa shape index (κ3) is 2.66. The molecule has 1 aromatic rings. The van der Waals surface area contributed by atoms with Crippen LogP contribution in [0.5, 0.6) is 0 Å². The van der Waals surface area contributed by atoms with Gasteiger partial charge in [0.25, 0.3) is 0 Å². The smallest absolute Gasteiger partial charge is 0.240 e. The van der Waals surface area contributed by atoms with Gasteiger partial charge in [-0.05, 0) is 13.3 Å². The highest BCUT2D eigenvalue weighted by atomic mass is 16.2. The fraction of sp³-hybridized carbons (Fsp3) is 0.667. The van der Waals surface area contributed by atoms with Gasteiger partial charge in [0.15, 0.2) is 0 Å². The van der Waals surface area contributed by atoms with Crippen molar-refractivity contribution in [2.75, 3.05) is 13.1 Å². The molecule has 0 bridgehead atoms. The molecule has 1 atom stereocenters. The molecule has 2 heterocycles. The molecule has 0 spiro atoms. The zero-order valence-corrected chi connectivity index (χ0v) is 10.5. The van der Waals surface area contributed by atoms with Crippen molar-refractivity contribution in [2.45, 2.75) is 39.4 Å². The average molecular weight is 236 g/mol. The van der Waals surface area contributed by atoms with E-state index >= 15 is 0 Å². The van der Waals surface area contributed by atoms with Gasteiger partial charge in [-0.25, -0.2) is 0 Å². The summed E-state index contributed by atoms with van der Waals surface area (Å²) in [6.07, 6.45) is 4.71. The summed E-state index contributed by atoms with van der Waals surface area (Å²) in [5.41, 5.74) is 1.11. The average Bonchev–Trinajstić information content (AvgIpc) is 2.79. The lowest BCUT2D eigenvalue weighted by Gasteiger charge is -2.32. The fourth-order valence-corrected chi connectivity index (χ4v) is 2.15. The van der Waals surface area contributed by atoms with Crippen molar-refractivity contribution in [3.05, 3.63) is 18.0 Å². The third-order valence-electron chi connectivity index (χ3n) is 3.17. The number of hydrogen-bond acceptors (Lipinski definition) is 3. The van der Waals surface area contributed by atoms with Crippen molar-refractivity contribution in [3.8, 4) is 0 Å². The summed E-state index contributed by atoms with van der Waals surface area (Å²) in [5, 5.41) is 7.47. The molecule has 2 rings (SSSR count). The maximum Gasteiger partial charge on any atom is 0.240 e. The van der Waals surface area contributed by atoms with Gasteiger partial charge in [-0.2, -0.15) is 5.10 Å². The first-order valence-electron chi connectivity index (χ1n) is 6.28. The second kappa shape index (κ2) is 5.31. The summed E-state index contributed by atoms with van der Waals surface area (Å²) < 4.78 is 1.89. The molecule has 1 fully saturated rings. The Hall–Kier alpha value is -1.36. The number of aryl methyl sites for hydroxylation is 1. The van der Waals surface area contributed by atoms with Crippen LogP contribution in [0.3, 0.4) is 0 Å². The minimum Gasteiger partial charge on any atom is -0.336 e. The van der Waals surface area contributed by atoms with Crippen LogP contribution in [-0.4, -0.2) is 39.7 Å². The molecule has 5 heteroatoms. The quantitative estimate of drug-likeness (QED) is 0.833. The Morgan fingerprint density at radius 2 is 2.35 bits per heavy atom. The molecule has 1 N–H and O–H groups in total. The van der Waals surface area contributed by atoms with Crippen molar-refractivity contribution in [3.63, 3.8) is 0 Å². The van der Waals surface area contributed by atoms with E-state index in [1.165, 1.54) is 0 Å². The molecule has 94 valence electrons. The van der Waals surface area contributed by atoms with Gasteiger partial charge in [-0.15, -0.1) is 0 Å². The second-order valence-electron chi connectivity index (χ2n) is 4.38. The number of hydrogen-bond donors (Lipinski definition) is 1. The van der Waals surface area contributed by atoms with Crippen molar-refractivity contribution < 1.29 is 4.79 Å². The number of rotatable bonds is 4. The van der Waals surface area contributed by atoms with E-state index in [-0.39, 0.29) is 11.9 Å². The number of nitrogens with one attached hydrogen (secondary N) is 1. The van der Waals surface area contributed by atoms with E-state index in [9.17, 15) is 4.79 Å². The summed E-state index contributed by atoms with van der Waals surface area (Å²) in [5.74, 6) is 0.211. The van der Waals surface area contributed by atoms with E-state index < -0.39 is 0 Å². The summed E-state index contributed by atoms with van der Waals surface area (Å²) in [4.78, 5) is 14.0. The number of carbonyl (C=O) groups is 1. The van der Waals surface area contributed by atoms with Crippen LogP contribution in [0, 0.1) is 0 Å². The first-order chi connectivity index (χ1) is 8.24. The van der Waals surface area contributed by atoms with Crippen molar-refractivity contribution in [1.82, 2.24) is 20.0 Å². The highest BCUT2D eigenvalue weighted by molar-refractivity contribution is 5.82. The maximum atomic E-state index is 12.1. The molecule has 1 unspecified atom stereocenters. The third-order valence-corrected chi connectivity index (χ3v) is 3.17. The van der Waals surface area contributed by atoms with Crippen molar-refractivity contribution >= 4 is 5.91 Å².